The Bertz CT molecular complexity index is 355. The predicted octanol–water partition coefficient (Wildman–Crippen LogP) is 2.64. The van der Waals surface area contributed by atoms with Crippen LogP contribution in [0.15, 0.2) is 18.2 Å². The molecule has 0 N–H and O–H groups in total. The van der Waals surface area contributed by atoms with Crippen molar-refractivity contribution < 1.29 is 4.74 Å². The predicted molar refractivity (Wildman–Crippen MR) is 56.7 cm³/mol. The molecule has 0 fully saturated rings. The van der Waals surface area contributed by atoms with Gasteiger partial charge in [0.1, 0.15) is 11.4 Å². The van der Waals surface area contributed by atoms with Crippen LogP contribution in [0.3, 0.4) is 0 Å². The summed E-state index contributed by atoms with van der Waals surface area (Å²) in [5.74, 6) is 0.781. The zero-order chi connectivity index (χ0) is 10.6. The van der Waals surface area contributed by atoms with E-state index in [1.54, 1.807) is 12.1 Å². The lowest BCUT2D eigenvalue weighted by Gasteiger charge is -2.11. The number of hydrogen-bond donors (Lipinski definition) is 0. The van der Waals surface area contributed by atoms with Crippen LogP contribution in [-0.4, -0.2) is 20.7 Å². The van der Waals surface area contributed by atoms with Crippen molar-refractivity contribution in [3.8, 4) is 5.75 Å². The number of rotatable bonds is 3. The minimum atomic E-state index is 0.540. The molecule has 0 atom stereocenters. The first-order chi connectivity index (χ1) is 6.69. The van der Waals surface area contributed by atoms with E-state index < -0.39 is 0 Å². The SMILES string of the molecule is CCOc1ccc([N+]#N)c(N(C)C)c1. The molecule has 0 bridgehead atoms. The summed E-state index contributed by atoms with van der Waals surface area (Å²) in [5.41, 5.74) is 1.37. The first kappa shape index (κ1) is 10.3. The Labute approximate surface area is 83.7 Å². The van der Waals surface area contributed by atoms with E-state index >= 15 is 0 Å². The molecule has 0 aliphatic rings. The molecule has 0 heterocycles. The molecule has 1 aromatic rings. The topological polar surface area (TPSA) is 40.6 Å². The summed E-state index contributed by atoms with van der Waals surface area (Å²) >= 11 is 0. The average molecular weight is 192 g/mol. The molecule has 1 rings (SSSR count). The van der Waals surface area contributed by atoms with Crippen LogP contribution < -0.4 is 9.64 Å². The van der Waals surface area contributed by atoms with Gasteiger partial charge in [-0.3, -0.25) is 0 Å². The summed E-state index contributed by atoms with van der Waals surface area (Å²) in [7, 11) is 3.78. The molecule has 14 heavy (non-hydrogen) atoms. The second-order valence-corrected chi connectivity index (χ2v) is 3.08. The quantitative estimate of drug-likeness (QED) is 0.691. The van der Waals surface area contributed by atoms with Crippen molar-refractivity contribution in [2.24, 2.45) is 0 Å². The molecule has 4 nitrogen and oxygen atoms in total. The van der Waals surface area contributed by atoms with E-state index in [2.05, 4.69) is 4.98 Å². The minimum absolute atomic E-state index is 0.540. The van der Waals surface area contributed by atoms with E-state index in [0.717, 1.165) is 11.4 Å². The highest BCUT2D eigenvalue weighted by Crippen LogP contribution is 2.31. The number of anilines is 1. The number of benzene rings is 1. The molecule has 0 spiro atoms. The largest absolute Gasteiger partial charge is 0.494 e. The van der Waals surface area contributed by atoms with Gasteiger partial charge in [-0.2, -0.15) is 0 Å². The molecular weight excluding hydrogens is 178 g/mol. The fourth-order valence-electron chi connectivity index (χ4n) is 1.20. The van der Waals surface area contributed by atoms with Crippen molar-refractivity contribution in [2.45, 2.75) is 6.92 Å². The summed E-state index contributed by atoms with van der Waals surface area (Å²) in [6.07, 6.45) is 0. The minimum Gasteiger partial charge on any atom is -0.494 e. The summed E-state index contributed by atoms with van der Waals surface area (Å²) in [6, 6.07) is 5.35. The third kappa shape index (κ3) is 2.13. The molecule has 0 amide bonds. The van der Waals surface area contributed by atoms with E-state index in [1.807, 2.05) is 32.0 Å². The molecule has 74 valence electrons. The Kier molecular flexibility index (Phi) is 3.29. The van der Waals surface area contributed by atoms with Crippen molar-refractivity contribution in [2.75, 3.05) is 25.6 Å². The molecule has 0 aromatic heterocycles. The van der Waals surface area contributed by atoms with Crippen molar-refractivity contribution in [3.63, 3.8) is 0 Å². The van der Waals surface area contributed by atoms with Gasteiger partial charge in [-0.25, -0.2) is 0 Å². The van der Waals surface area contributed by atoms with Gasteiger partial charge in [-0.05, 0) is 13.0 Å². The first-order valence-electron chi connectivity index (χ1n) is 4.48. The fourth-order valence-corrected chi connectivity index (χ4v) is 1.20. The van der Waals surface area contributed by atoms with E-state index in [4.69, 9.17) is 10.1 Å². The van der Waals surface area contributed by atoms with Crippen molar-refractivity contribution in [1.82, 2.24) is 0 Å². The number of ether oxygens (including phenoxy) is 1. The Morgan fingerprint density at radius 2 is 2.14 bits per heavy atom. The Balaban J connectivity index is 3.09. The van der Waals surface area contributed by atoms with Gasteiger partial charge in [0.15, 0.2) is 4.98 Å². The monoisotopic (exact) mass is 192 g/mol. The van der Waals surface area contributed by atoms with E-state index in [9.17, 15) is 0 Å². The lowest BCUT2D eigenvalue weighted by Crippen LogP contribution is -2.08. The smallest absolute Gasteiger partial charge is 0.408 e. The van der Waals surface area contributed by atoms with Gasteiger partial charge in [0, 0.05) is 26.2 Å². The van der Waals surface area contributed by atoms with Crippen molar-refractivity contribution in [3.05, 3.63) is 23.2 Å². The van der Waals surface area contributed by atoms with E-state index in [-0.39, 0.29) is 0 Å². The second-order valence-electron chi connectivity index (χ2n) is 3.08. The van der Waals surface area contributed by atoms with Crippen LogP contribution in [0.4, 0.5) is 11.4 Å². The van der Waals surface area contributed by atoms with Crippen LogP contribution in [0.2, 0.25) is 0 Å². The van der Waals surface area contributed by atoms with Gasteiger partial charge < -0.3 is 9.64 Å². The first-order valence-corrected chi connectivity index (χ1v) is 4.48. The average Bonchev–Trinajstić information content (AvgIpc) is 2.18. The zero-order valence-corrected chi connectivity index (χ0v) is 8.69. The summed E-state index contributed by atoms with van der Waals surface area (Å²) < 4.78 is 5.35. The molecule has 0 aliphatic heterocycles. The van der Waals surface area contributed by atoms with Gasteiger partial charge in [0.25, 0.3) is 0 Å². The molecule has 0 saturated carbocycles. The molecule has 0 radical (unpaired) electrons. The van der Waals surface area contributed by atoms with Crippen LogP contribution in [-0.2, 0) is 0 Å². The third-order valence-corrected chi connectivity index (χ3v) is 1.85. The van der Waals surface area contributed by atoms with Gasteiger partial charge >= 0.3 is 5.69 Å². The number of hydrogen-bond acceptors (Lipinski definition) is 3. The summed E-state index contributed by atoms with van der Waals surface area (Å²) in [6.45, 7) is 2.56. The van der Waals surface area contributed by atoms with E-state index in [1.165, 1.54) is 0 Å². The highest BCUT2D eigenvalue weighted by Gasteiger charge is 2.15. The molecular formula is C10H14N3O+. The maximum Gasteiger partial charge on any atom is 0.408 e. The van der Waals surface area contributed by atoms with Gasteiger partial charge in [-0.1, -0.05) is 0 Å². The highest BCUT2D eigenvalue weighted by molar-refractivity contribution is 5.71. The van der Waals surface area contributed by atoms with Crippen LogP contribution in [0, 0.1) is 5.39 Å². The molecule has 0 saturated heterocycles. The normalized spacial score (nSPS) is 9.29. The lowest BCUT2D eigenvalue weighted by atomic mass is 10.2. The maximum atomic E-state index is 8.75. The molecule has 4 heteroatoms. The van der Waals surface area contributed by atoms with Crippen LogP contribution >= 0.6 is 0 Å². The van der Waals surface area contributed by atoms with Crippen LogP contribution in [0.1, 0.15) is 6.92 Å². The maximum absolute atomic E-state index is 8.75. The van der Waals surface area contributed by atoms with Gasteiger partial charge in [0.05, 0.1) is 6.61 Å². The lowest BCUT2D eigenvalue weighted by molar-refractivity contribution is 0.340. The zero-order valence-electron chi connectivity index (χ0n) is 8.69. The Morgan fingerprint density at radius 1 is 1.43 bits per heavy atom. The van der Waals surface area contributed by atoms with Crippen molar-refractivity contribution >= 4 is 11.4 Å². The molecule has 0 aliphatic carbocycles. The standard InChI is InChI=1S/C10H14N3O/c1-4-14-8-5-6-9(12-11)10(7-8)13(2)3/h5-7H,4H2,1-3H3/q+1. The fraction of sp³-hybridized carbons (Fsp3) is 0.400. The molecule has 1 aromatic carbocycles. The second kappa shape index (κ2) is 4.47. The number of diazo groups is 1. The third-order valence-electron chi connectivity index (χ3n) is 1.85. The van der Waals surface area contributed by atoms with Gasteiger partial charge in [-0.15, -0.1) is 0 Å². The summed E-state index contributed by atoms with van der Waals surface area (Å²) in [5, 5.41) is 8.75. The van der Waals surface area contributed by atoms with Gasteiger partial charge in [0.2, 0.25) is 5.39 Å². The Morgan fingerprint density at radius 3 is 2.64 bits per heavy atom. The van der Waals surface area contributed by atoms with Crippen LogP contribution in [0.25, 0.3) is 4.98 Å². The number of nitrogens with zero attached hydrogens (tertiary/aromatic N) is 3. The Hall–Kier alpha value is -1.76. The van der Waals surface area contributed by atoms with E-state index in [0.29, 0.717) is 12.3 Å². The summed E-state index contributed by atoms with van der Waals surface area (Å²) in [4.78, 5) is 5.07. The van der Waals surface area contributed by atoms with Crippen molar-refractivity contribution in [1.29, 1.82) is 5.39 Å². The van der Waals surface area contributed by atoms with Crippen LogP contribution in [0.5, 0.6) is 5.75 Å². The molecule has 0 unspecified atom stereocenters. The highest BCUT2D eigenvalue weighted by atomic mass is 16.5.